The molecule has 1 aromatic carbocycles. The van der Waals surface area contributed by atoms with Crippen molar-refractivity contribution in [1.29, 1.82) is 0 Å². The third-order valence-corrected chi connectivity index (χ3v) is 6.71. The Hall–Kier alpha value is -3.11. The molecule has 2 aromatic rings. The number of nitrogens with two attached hydrogens (primary N) is 1. The van der Waals surface area contributed by atoms with Crippen molar-refractivity contribution in [2.75, 3.05) is 52.7 Å². The SMILES string of the molecule is CCCOCC(N=CCc1ccc2ncc(N)nc2c1OCCC(C)CNC(=O)C1CCCCN1C)=NC. The van der Waals surface area contributed by atoms with Gasteiger partial charge in [0.05, 0.1) is 24.4 Å². The van der Waals surface area contributed by atoms with Gasteiger partial charge in [0.25, 0.3) is 0 Å². The summed E-state index contributed by atoms with van der Waals surface area (Å²) in [5, 5.41) is 3.13. The van der Waals surface area contributed by atoms with Gasteiger partial charge in [0.2, 0.25) is 5.91 Å². The molecule has 1 aliphatic heterocycles. The molecule has 1 aromatic heterocycles. The lowest BCUT2D eigenvalue weighted by atomic mass is 10.0. The zero-order chi connectivity index (χ0) is 27.3. The number of rotatable bonds is 13. The molecule has 38 heavy (non-hydrogen) atoms. The third kappa shape index (κ3) is 8.73. The number of fused-ring (bicyclic) bond motifs is 1. The molecule has 10 nitrogen and oxygen atoms in total. The molecule has 0 spiro atoms. The van der Waals surface area contributed by atoms with Crippen LogP contribution in [0, 0.1) is 5.92 Å². The predicted molar refractivity (Wildman–Crippen MR) is 153 cm³/mol. The van der Waals surface area contributed by atoms with Gasteiger partial charge in [-0.25, -0.2) is 9.98 Å². The van der Waals surface area contributed by atoms with Crippen molar-refractivity contribution in [3.63, 3.8) is 0 Å². The number of nitrogens with zero attached hydrogens (tertiary/aromatic N) is 5. The topological polar surface area (TPSA) is 127 Å². The second kappa shape index (κ2) is 15.3. The average molecular weight is 526 g/mol. The molecule has 3 N–H and O–H groups in total. The number of amidine groups is 1. The standard InChI is InChI=1S/C28H43N7O3/c1-5-15-37-19-25(30-3)31-13-11-21-9-10-22-26(34-24(29)18-32-22)27(21)38-16-12-20(2)17-33-28(36)23-8-6-7-14-35(23)4/h9-10,13,18,20,23H,5-8,11-12,14-17,19H2,1-4H3,(H2,29,34)(H,33,36). The summed E-state index contributed by atoms with van der Waals surface area (Å²) in [7, 11) is 3.74. The van der Waals surface area contributed by atoms with Crippen molar-refractivity contribution < 1.29 is 14.3 Å². The van der Waals surface area contributed by atoms with Gasteiger partial charge in [-0.3, -0.25) is 19.7 Å². The van der Waals surface area contributed by atoms with Gasteiger partial charge in [-0.2, -0.15) is 0 Å². The first-order valence-corrected chi connectivity index (χ1v) is 13.6. The van der Waals surface area contributed by atoms with Crippen LogP contribution in [0.4, 0.5) is 5.82 Å². The van der Waals surface area contributed by atoms with Crippen molar-refractivity contribution in [3.05, 3.63) is 23.9 Å². The van der Waals surface area contributed by atoms with Crippen LogP contribution in [0.15, 0.2) is 28.3 Å². The average Bonchev–Trinajstić information content (AvgIpc) is 2.92. The van der Waals surface area contributed by atoms with E-state index < -0.39 is 0 Å². The fourth-order valence-corrected chi connectivity index (χ4v) is 4.41. The minimum absolute atomic E-state index is 0.0207. The maximum absolute atomic E-state index is 12.6. The second-order valence-corrected chi connectivity index (χ2v) is 9.90. The molecule has 10 heteroatoms. The number of likely N-dealkylation sites (N-methyl/N-ethyl adjacent to an activating group) is 1. The molecule has 3 rings (SSSR count). The second-order valence-electron chi connectivity index (χ2n) is 9.90. The van der Waals surface area contributed by atoms with Crippen LogP contribution in [-0.4, -0.2) is 85.9 Å². The number of piperidine rings is 1. The summed E-state index contributed by atoms with van der Waals surface area (Å²) in [6.07, 6.45) is 8.81. The van der Waals surface area contributed by atoms with Gasteiger partial charge in [0.1, 0.15) is 23.8 Å². The number of hydrogen-bond acceptors (Lipinski definition) is 8. The van der Waals surface area contributed by atoms with E-state index in [4.69, 9.17) is 15.2 Å². The van der Waals surface area contributed by atoms with E-state index in [0.29, 0.717) is 55.7 Å². The lowest BCUT2D eigenvalue weighted by Gasteiger charge is -2.31. The van der Waals surface area contributed by atoms with Gasteiger partial charge in [-0.15, -0.1) is 0 Å². The molecule has 0 bridgehead atoms. The summed E-state index contributed by atoms with van der Waals surface area (Å²) < 4.78 is 11.8. The normalized spacial score (nSPS) is 17.7. The van der Waals surface area contributed by atoms with Crippen LogP contribution >= 0.6 is 0 Å². The molecule has 2 unspecified atom stereocenters. The Morgan fingerprint density at radius 3 is 2.95 bits per heavy atom. The van der Waals surface area contributed by atoms with Crippen molar-refractivity contribution in [2.45, 2.75) is 58.4 Å². The van der Waals surface area contributed by atoms with Crippen LogP contribution in [0.1, 0.15) is 51.5 Å². The van der Waals surface area contributed by atoms with Gasteiger partial charge in [0.15, 0.2) is 5.75 Å². The Labute approximate surface area is 226 Å². The number of carbonyl (C=O) groups excluding carboxylic acids is 1. The van der Waals surface area contributed by atoms with Gasteiger partial charge in [-0.05, 0) is 51.3 Å². The molecule has 2 atom stereocenters. The van der Waals surface area contributed by atoms with Crippen LogP contribution in [0.25, 0.3) is 11.0 Å². The highest BCUT2D eigenvalue weighted by Crippen LogP contribution is 2.29. The van der Waals surface area contributed by atoms with Crippen LogP contribution < -0.4 is 15.8 Å². The Morgan fingerprint density at radius 1 is 1.34 bits per heavy atom. The molecule has 2 heterocycles. The fourth-order valence-electron chi connectivity index (χ4n) is 4.41. The Balaban J connectivity index is 1.61. The molecule has 208 valence electrons. The van der Waals surface area contributed by atoms with E-state index in [1.807, 2.05) is 25.4 Å². The van der Waals surface area contributed by atoms with Crippen LogP contribution in [-0.2, 0) is 16.0 Å². The summed E-state index contributed by atoms with van der Waals surface area (Å²) in [5.74, 6) is 2.02. The lowest BCUT2D eigenvalue weighted by Crippen LogP contribution is -2.48. The number of nitrogens with one attached hydrogen (secondary N) is 1. The molecule has 1 fully saturated rings. The summed E-state index contributed by atoms with van der Waals surface area (Å²) in [6.45, 7) is 7.32. The number of benzene rings is 1. The van der Waals surface area contributed by atoms with Gasteiger partial charge >= 0.3 is 0 Å². The number of aliphatic imine (C=N–C) groups is 2. The Morgan fingerprint density at radius 2 is 2.18 bits per heavy atom. The third-order valence-electron chi connectivity index (χ3n) is 6.71. The van der Waals surface area contributed by atoms with Gasteiger partial charge < -0.3 is 20.5 Å². The minimum atomic E-state index is -0.0207. The minimum Gasteiger partial charge on any atom is -0.491 e. The number of amides is 1. The number of anilines is 1. The molecule has 0 saturated carbocycles. The lowest BCUT2D eigenvalue weighted by molar-refractivity contribution is -0.127. The van der Waals surface area contributed by atoms with E-state index in [1.165, 1.54) is 0 Å². The maximum atomic E-state index is 12.6. The van der Waals surface area contributed by atoms with Gasteiger partial charge in [-0.1, -0.05) is 26.3 Å². The number of aromatic nitrogens is 2. The van der Waals surface area contributed by atoms with E-state index in [1.54, 1.807) is 13.2 Å². The Kier molecular flexibility index (Phi) is 11.9. The number of likely N-dealkylation sites (tertiary alicyclic amines) is 1. The smallest absolute Gasteiger partial charge is 0.237 e. The largest absolute Gasteiger partial charge is 0.491 e. The molecule has 1 aliphatic rings. The zero-order valence-corrected chi connectivity index (χ0v) is 23.3. The first-order valence-electron chi connectivity index (χ1n) is 13.6. The van der Waals surface area contributed by atoms with Crippen LogP contribution in [0.3, 0.4) is 0 Å². The molecular weight excluding hydrogens is 482 g/mol. The van der Waals surface area contributed by atoms with Crippen molar-refractivity contribution in [3.8, 4) is 5.75 Å². The van der Waals surface area contributed by atoms with E-state index in [-0.39, 0.29) is 17.9 Å². The van der Waals surface area contributed by atoms with E-state index in [2.05, 4.69) is 44.0 Å². The summed E-state index contributed by atoms with van der Waals surface area (Å²) in [5.41, 5.74) is 8.23. The maximum Gasteiger partial charge on any atom is 0.237 e. The number of hydrogen-bond donors (Lipinski definition) is 2. The summed E-state index contributed by atoms with van der Waals surface area (Å²) in [4.78, 5) is 32.4. The highest BCUT2D eigenvalue weighted by molar-refractivity contribution is 5.91. The van der Waals surface area contributed by atoms with E-state index in [9.17, 15) is 4.79 Å². The molecule has 0 radical (unpaired) electrons. The highest BCUT2D eigenvalue weighted by Gasteiger charge is 2.25. The van der Waals surface area contributed by atoms with E-state index in [0.717, 1.165) is 49.7 Å². The van der Waals surface area contributed by atoms with Crippen LogP contribution in [0.2, 0.25) is 0 Å². The van der Waals surface area contributed by atoms with Crippen molar-refractivity contribution >= 4 is 34.8 Å². The molecular formula is C28H43N7O3. The monoisotopic (exact) mass is 525 g/mol. The van der Waals surface area contributed by atoms with Gasteiger partial charge in [0, 0.05) is 38.4 Å². The number of ether oxygens (including phenoxy) is 2. The molecule has 1 saturated heterocycles. The molecule has 0 aliphatic carbocycles. The van der Waals surface area contributed by atoms with Crippen molar-refractivity contribution in [2.24, 2.45) is 15.9 Å². The Bertz CT molecular complexity index is 1110. The first kappa shape index (κ1) is 29.4. The quantitative estimate of drug-likeness (QED) is 0.233. The zero-order valence-electron chi connectivity index (χ0n) is 23.3. The van der Waals surface area contributed by atoms with Crippen molar-refractivity contribution in [1.82, 2.24) is 20.2 Å². The summed E-state index contributed by atoms with van der Waals surface area (Å²) >= 11 is 0. The highest BCUT2D eigenvalue weighted by atomic mass is 16.5. The van der Waals surface area contributed by atoms with Crippen LogP contribution in [0.5, 0.6) is 5.75 Å². The molecule has 1 amide bonds. The first-order chi connectivity index (χ1) is 18.4. The number of nitrogen functional groups attached to an aromatic ring is 1. The number of carbonyl (C=O) groups is 1. The predicted octanol–water partition coefficient (Wildman–Crippen LogP) is 3.29. The van der Waals surface area contributed by atoms with E-state index >= 15 is 0 Å². The summed E-state index contributed by atoms with van der Waals surface area (Å²) in [6, 6.07) is 3.87. The fraction of sp³-hybridized carbons (Fsp3) is 0.607.